The van der Waals surface area contributed by atoms with Crippen LogP contribution in [-0.4, -0.2) is 15.1 Å². The second-order valence-corrected chi connectivity index (χ2v) is 3.52. The Labute approximate surface area is 83.9 Å². The molecule has 0 radical (unpaired) electrons. The van der Waals surface area contributed by atoms with Crippen LogP contribution >= 0.6 is 11.8 Å². The third-order valence-corrected chi connectivity index (χ3v) is 2.31. The summed E-state index contributed by atoms with van der Waals surface area (Å²) in [5.41, 5.74) is 1.65. The van der Waals surface area contributed by atoms with Gasteiger partial charge in [0.15, 0.2) is 11.2 Å². The second-order valence-electron chi connectivity index (χ2n) is 2.56. The van der Waals surface area contributed by atoms with Crippen LogP contribution in [0.25, 0.3) is 11.0 Å². The molecule has 5 heteroatoms. The van der Waals surface area contributed by atoms with Crippen molar-refractivity contribution in [3.05, 3.63) is 24.3 Å². The standard InChI is InChI=1S/C9H5N3OS/c10-5-8(13)14-9-11-6-3-1-2-4-7(6)12-9/h1-4H,(H,11,12). The van der Waals surface area contributed by atoms with E-state index in [-0.39, 0.29) is 0 Å². The van der Waals surface area contributed by atoms with E-state index in [1.807, 2.05) is 24.3 Å². The number of carbonyl (C=O) groups is 1. The predicted molar refractivity (Wildman–Crippen MR) is 52.6 cm³/mol. The van der Waals surface area contributed by atoms with Crippen molar-refractivity contribution in [2.45, 2.75) is 5.16 Å². The largest absolute Gasteiger partial charge is 0.333 e. The maximum Gasteiger partial charge on any atom is 0.296 e. The van der Waals surface area contributed by atoms with Crippen LogP contribution in [0.15, 0.2) is 29.4 Å². The summed E-state index contributed by atoms with van der Waals surface area (Å²) >= 11 is 0.803. The highest BCUT2D eigenvalue weighted by molar-refractivity contribution is 8.14. The van der Waals surface area contributed by atoms with E-state index in [9.17, 15) is 4.79 Å². The number of aromatic amines is 1. The molecule has 0 aliphatic carbocycles. The number of benzene rings is 1. The number of hydrogen-bond acceptors (Lipinski definition) is 4. The van der Waals surface area contributed by atoms with Crippen molar-refractivity contribution < 1.29 is 4.79 Å². The number of rotatable bonds is 1. The van der Waals surface area contributed by atoms with Gasteiger partial charge in [-0.25, -0.2) is 4.98 Å². The molecule has 1 aromatic carbocycles. The maximum atomic E-state index is 10.8. The maximum absolute atomic E-state index is 10.8. The van der Waals surface area contributed by atoms with Gasteiger partial charge in [0.05, 0.1) is 11.0 Å². The fourth-order valence-corrected chi connectivity index (χ4v) is 1.61. The molecule has 0 amide bonds. The molecule has 0 fully saturated rings. The van der Waals surface area contributed by atoms with Gasteiger partial charge in [-0.3, -0.25) is 4.79 Å². The van der Waals surface area contributed by atoms with Crippen molar-refractivity contribution >= 4 is 27.9 Å². The first-order chi connectivity index (χ1) is 6.79. The number of fused-ring (bicyclic) bond motifs is 1. The minimum atomic E-state index is -0.566. The quantitative estimate of drug-likeness (QED) is 0.565. The van der Waals surface area contributed by atoms with Gasteiger partial charge < -0.3 is 4.98 Å². The van der Waals surface area contributed by atoms with Crippen molar-refractivity contribution in [1.82, 2.24) is 9.97 Å². The van der Waals surface area contributed by atoms with E-state index in [2.05, 4.69) is 9.97 Å². The highest BCUT2D eigenvalue weighted by atomic mass is 32.2. The Kier molecular flexibility index (Phi) is 2.21. The highest BCUT2D eigenvalue weighted by Gasteiger charge is 2.07. The second kappa shape index (κ2) is 3.52. The van der Waals surface area contributed by atoms with Gasteiger partial charge in [-0.1, -0.05) is 12.1 Å². The molecular weight excluding hydrogens is 198 g/mol. The Hall–Kier alpha value is -1.80. The number of thioether (sulfide) groups is 1. The molecule has 1 heterocycles. The van der Waals surface area contributed by atoms with Crippen LogP contribution in [0.3, 0.4) is 0 Å². The summed E-state index contributed by atoms with van der Waals surface area (Å²) in [7, 11) is 0. The minimum Gasteiger partial charge on any atom is -0.333 e. The van der Waals surface area contributed by atoms with Crippen molar-refractivity contribution in [2.75, 3.05) is 0 Å². The molecular formula is C9H5N3OS. The van der Waals surface area contributed by atoms with Crippen LogP contribution in [0.1, 0.15) is 0 Å². The summed E-state index contributed by atoms with van der Waals surface area (Å²) in [6.07, 6.45) is 0. The van der Waals surface area contributed by atoms with Gasteiger partial charge in [0.1, 0.15) is 0 Å². The fourth-order valence-electron chi connectivity index (χ4n) is 1.09. The van der Waals surface area contributed by atoms with Gasteiger partial charge in [-0.05, 0) is 12.1 Å². The first-order valence-electron chi connectivity index (χ1n) is 3.86. The molecule has 1 N–H and O–H groups in total. The Morgan fingerprint density at radius 3 is 3.00 bits per heavy atom. The molecule has 68 valence electrons. The van der Waals surface area contributed by atoms with E-state index < -0.39 is 5.12 Å². The number of imidazole rings is 1. The molecule has 1 aromatic heterocycles. The van der Waals surface area contributed by atoms with Gasteiger partial charge >= 0.3 is 0 Å². The van der Waals surface area contributed by atoms with Crippen LogP contribution in [0.5, 0.6) is 0 Å². The molecule has 0 atom stereocenters. The molecule has 0 aliphatic rings. The molecule has 0 saturated heterocycles. The number of nitrogens with one attached hydrogen (secondary N) is 1. The van der Waals surface area contributed by atoms with E-state index >= 15 is 0 Å². The van der Waals surface area contributed by atoms with Crippen LogP contribution in [0.4, 0.5) is 0 Å². The zero-order valence-corrected chi connectivity index (χ0v) is 7.84. The number of H-pyrrole nitrogens is 1. The predicted octanol–water partition coefficient (Wildman–Crippen LogP) is 1.71. The fraction of sp³-hybridized carbons (Fsp3) is 0. The molecule has 0 bridgehead atoms. The Bertz CT molecular complexity index is 493. The zero-order chi connectivity index (χ0) is 9.97. The monoisotopic (exact) mass is 203 g/mol. The molecule has 2 aromatic rings. The van der Waals surface area contributed by atoms with Crippen LogP contribution in [-0.2, 0) is 4.79 Å². The lowest BCUT2D eigenvalue weighted by Crippen LogP contribution is -1.85. The summed E-state index contributed by atoms with van der Waals surface area (Å²) in [6, 6.07) is 8.97. The third-order valence-electron chi connectivity index (χ3n) is 1.65. The molecule has 14 heavy (non-hydrogen) atoms. The summed E-state index contributed by atoms with van der Waals surface area (Å²) in [6.45, 7) is 0. The molecule has 0 aliphatic heterocycles. The number of hydrogen-bond donors (Lipinski definition) is 1. The van der Waals surface area contributed by atoms with Crippen molar-refractivity contribution in [3.63, 3.8) is 0 Å². The molecule has 0 unspecified atom stereocenters. The third kappa shape index (κ3) is 1.60. The van der Waals surface area contributed by atoms with Crippen LogP contribution < -0.4 is 0 Å². The topological polar surface area (TPSA) is 69.5 Å². The van der Waals surface area contributed by atoms with Crippen LogP contribution in [0.2, 0.25) is 0 Å². The van der Waals surface area contributed by atoms with Gasteiger partial charge in [-0.2, -0.15) is 5.26 Å². The summed E-state index contributed by atoms with van der Waals surface area (Å²) in [5, 5.41) is 8.20. The molecule has 0 spiro atoms. The first-order valence-corrected chi connectivity index (χ1v) is 4.68. The average Bonchev–Trinajstić information content (AvgIpc) is 2.59. The van der Waals surface area contributed by atoms with Gasteiger partial charge in [0.25, 0.3) is 5.12 Å². The molecule has 4 nitrogen and oxygen atoms in total. The molecule has 2 rings (SSSR count). The Balaban J connectivity index is 2.37. The summed E-state index contributed by atoms with van der Waals surface area (Å²) in [5.74, 6) is 0. The van der Waals surface area contributed by atoms with E-state index in [0.29, 0.717) is 5.16 Å². The van der Waals surface area contributed by atoms with Gasteiger partial charge in [-0.15, -0.1) is 0 Å². The smallest absolute Gasteiger partial charge is 0.296 e. The normalized spacial score (nSPS) is 9.93. The lowest BCUT2D eigenvalue weighted by atomic mass is 10.3. The zero-order valence-electron chi connectivity index (χ0n) is 7.02. The number of carbonyl (C=O) groups excluding carboxylic acids is 1. The average molecular weight is 203 g/mol. The van der Waals surface area contributed by atoms with Gasteiger partial charge in [0, 0.05) is 11.8 Å². The lowest BCUT2D eigenvalue weighted by molar-refractivity contribution is -0.106. The summed E-state index contributed by atoms with van der Waals surface area (Å²) < 4.78 is 0. The van der Waals surface area contributed by atoms with Crippen LogP contribution in [0, 0.1) is 11.3 Å². The van der Waals surface area contributed by atoms with Crippen molar-refractivity contribution in [3.8, 4) is 6.07 Å². The molecule has 0 saturated carbocycles. The highest BCUT2D eigenvalue weighted by Crippen LogP contribution is 2.19. The number of nitriles is 1. The lowest BCUT2D eigenvalue weighted by Gasteiger charge is -1.84. The van der Waals surface area contributed by atoms with E-state index in [4.69, 9.17) is 5.26 Å². The number of para-hydroxylation sites is 2. The number of aromatic nitrogens is 2. The van der Waals surface area contributed by atoms with E-state index in [0.717, 1.165) is 22.8 Å². The van der Waals surface area contributed by atoms with E-state index in [1.165, 1.54) is 6.07 Å². The van der Waals surface area contributed by atoms with E-state index in [1.54, 1.807) is 0 Å². The Morgan fingerprint density at radius 2 is 2.29 bits per heavy atom. The minimum absolute atomic E-state index is 0.456. The first kappa shape index (κ1) is 8.78. The summed E-state index contributed by atoms with van der Waals surface area (Å²) in [4.78, 5) is 17.9. The Morgan fingerprint density at radius 1 is 1.50 bits per heavy atom. The number of nitrogens with zero attached hydrogens (tertiary/aromatic N) is 2. The van der Waals surface area contributed by atoms with Crippen molar-refractivity contribution in [1.29, 1.82) is 5.26 Å². The SMILES string of the molecule is N#CC(=O)Sc1nc2ccccc2[nH]1. The van der Waals surface area contributed by atoms with Crippen molar-refractivity contribution in [2.24, 2.45) is 0 Å². The van der Waals surface area contributed by atoms with Gasteiger partial charge in [0.2, 0.25) is 0 Å².